The van der Waals surface area contributed by atoms with E-state index in [-0.39, 0.29) is 30.3 Å². The smallest absolute Gasteiger partial charge is 0.309 e. The quantitative estimate of drug-likeness (QED) is 0.852. The van der Waals surface area contributed by atoms with Gasteiger partial charge >= 0.3 is 5.97 Å². The zero-order valence-electron chi connectivity index (χ0n) is 9.85. The van der Waals surface area contributed by atoms with Gasteiger partial charge in [0.1, 0.15) is 5.82 Å². The molecule has 0 radical (unpaired) electrons. The molecule has 18 heavy (non-hydrogen) atoms. The van der Waals surface area contributed by atoms with Gasteiger partial charge < -0.3 is 10.1 Å². The number of esters is 1. The van der Waals surface area contributed by atoms with Crippen molar-refractivity contribution in [3.63, 3.8) is 0 Å². The number of rotatable bonds is 3. The van der Waals surface area contributed by atoms with Crippen LogP contribution in [0.5, 0.6) is 0 Å². The molecule has 1 fully saturated rings. The molecule has 0 saturated carbocycles. The number of aromatic nitrogens is 1. The van der Waals surface area contributed by atoms with Gasteiger partial charge in [-0.25, -0.2) is 4.98 Å². The number of hydrogen-bond donors (Lipinski definition) is 1. The van der Waals surface area contributed by atoms with Crippen molar-refractivity contribution < 1.29 is 14.3 Å². The van der Waals surface area contributed by atoms with E-state index in [4.69, 9.17) is 16.3 Å². The highest BCUT2D eigenvalue weighted by Crippen LogP contribution is 2.24. The summed E-state index contributed by atoms with van der Waals surface area (Å²) >= 11 is 5.68. The van der Waals surface area contributed by atoms with Crippen LogP contribution in [0.15, 0.2) is 18.3 Å². The van der Waals surface area contributed by atoms with Crippen LogP contribution < -0.4 is 5.32 Å². The summed E-state index contributed by atoms with van der Waals surface area (Å²) in [5.41, 5.74) is 0. The summed E-state index contributed by atoms with van der Waals surface area (Å²) in [5, 5.41) is 3.12. The van der Waals surface area contributed by atoms with E-state index in [0.717, 1.165) is 0 Å². The van der Waals surface area contributed by atoms with Crippen molar-refractivity contribution in [3.05, 3.63) is 23.4 Å². The maximum absolute atomic E-state index is 11.7. The molecule has 1 aliphatic heterocycles. The number of pyridine rings is 1. The average Bonchev–Trinajstić information content (AvgIpc) is 2.61. The zero-order valence-corrected chi connectivity index (χ0v) is 10.6. The minimum absolute atomic E-state index is 0.107. The number of hydrogen-bond acceptors (Lipinski definition) is 4. The SMILES string of the molecule is CC1CC(CC(=O)Nc2ccc(Cl)cn2)C(=O)O1. The van der Waals surface area contributed by atoms with E-state index in [2.05, 4.69) is 10.3 Å². The molecular weight excluding hydrogens is 256 g/mol. The van der Waals surface area contributed by atoms with Gasteiger partial charge in [0.25, 0.3) is 0 Å². The van der Waals surface area contributed by atoms with Crippen LogP contribution in [0, 0.1) is 5.92 Å². The molecule has 2 unspecified atom stereocenters. The van der Waals surface area contributed by atoms with E-state index >= 15 is 0 Å². The summed E-state index contributed by atoms with van der Waals surface area (Å²) in [6.07, 6.45) is 2.04. The van der Waals surface area contributed by atoms with Gasteiger partial charge in [0.15, 0.2) is 0 Å². The zero-order chi connectivity index (χ0) is 13.1. The summed E-state index contributed by atoms with van der Waals surface area (Å²) in [5.74, 6) is -0.487. The Balaban J connectivity index is 1.89. The maximum Gasteiger partial charge on any atom is 0.309 e. The van der Waals surface area contributed by atoms with E-state index in [9.17, 15) is 9.59 Å². The Hall–Kier alpha value is -1.62. The molecule has 1 aliphatic rings. The lowest BCUT2D eigenvalue weighted by Crippen LogP contribution is -2.19. The Kier molecular flexibility index (Phi) is 3.81. The molecule has 1 saturated heterocycles. The van der Waals surface area contributed by atoms with E-state index in [0.29, 0.717) is 17.3 Å². The molecule has 6 heteroatoms. The van der Waals surface area contributed by atoms with Crippen LogP contribution in [-0.2, 0) is 14.3 Å². The summed E-state index contributed by atoms with van der Waals surface area (Å²) in [6.45, 7) is 1.82. The van der Waals surface area contributed by atoms with Crippen molar-refractivity contribution in [1.82, 2.24) is 4.98 Å². The highest BCUT2D eigenvalue weighted by Gasteiger charge is 2.33. The van der Waals surface area contributed by atoms with Crippen molar-refractivity contribution in [3.8, 4) is 0 Å². The fraction of sp³-hybridized carbons (Fsp3) is 0.417. The number of nitrogens with one attached hydrogen (secondary N) is 1. The van der Waals surface area contributed by atoms with Crippen LogP contribution in [0.4, 0.5) is 5.82 Å². The number of amides is 1. The number of ether oxygens (including phenoxy) is 1. The second-order valence-corrected chi connectivity index (χ2v) is 4.73. The van der Waals surface area contributed by atoms with Gasteiger partial charge in [-0.1, -0.05) is 11.6 Å². The van der Waals surface area contributed by atoms with Crippen LogP contribution in [-0.4, -0.2) is 23.0 Å². The minimum Gasteiger partial charge on any atom is -0.462 e. The van der Waals surface area contributed by atoms with Crippen molar-refractivity contribution in [1.29, 1.82) is 0 Å². The minimum atomic E-state index is -0.354. The standard InChI is InChI=1S/C12H13ClN2O3/c1-7-4-8(12(17)18-7)5-11(16)15-10-3-2-9(13)6-14-10/h2-3,6-8H,4-5H2,1H3,(H,14,15,16). The lowest BCUT2D eigenvalue weighted by molar-refractivity contribution is -0.144. The number of carbonyl (C=O) groups excluding carboxylic acids is 2. The molecule has 0 bridgehead atoms. The topological polar surface area (TPSA) is 68.3 Å². The first-order valence-corrected chi connectivity index (χ1v) is 6.04. The lowest BCUT2D eigenvalue weighted by Gasteiger charge is -2.06. The number of cyclic esters (lactones) is 1. The van der Waals surface area contributed by atoms with Gasteiger partial charge in [0, 0.05) is 12.6 Å². The first-order chi connectivity index (χ1) is 8.54. The van der Waals surface area contributed by atoms with Crippen molar-refractivity contribution >= 4 is 29.3 Å². The molecule has 0 aliphatic carbocycles. The highest BCUT2D eigenvalue weighted by atomic mass is 35.5. The Morgan fingerprint density at radius 2 is 2.39 bits per heavy atom. The van der Waals surface area contributed by atoms with E-state index in [1.807, 2.05) is 6.92 Å². The Morgan fingerprint density at radius 3 is 2.94 bits per heavy atom. The van der Waals surface area contributed by atoms with E-state index < -0.39 is 0 Å². The molecule has 1 amide bonds. The normalized spacial score (nSPS) is 22.7. The van der Waals surface area contributed by atoms with Gasteiger partial charge in [0.2, 0.25) is 5.91 Å². The first kappa shape index (κ1) is 12.8. The van der Waals surface area contributed by atoms with E-state index in [1.165, 1.54) is 6.20 Å². The number of halogens is 1. The molecule has 5 nitrogen and oxygen atoms in total. The number of carbonyl (C=O) groups is 2. The summed E-state index contributed by atoms with van der Waals surface area (Å²) in [4.78, 5) is 27.0. The van der Waals surface area contributed by atoms with Crippen LogP contribution in [0.3, 0.4) is 0 Å². The summed E-state index contributed by atoms with van der Waals surface area (Å²) in [6, 6.07) is 3.24. The van der Waals surface area contributed by atoms with Crippen molar-refractivity contribution in [2.24, 2.45) is 5.92 Å². The largest absolute Gasteiger partial charge is 0.462 e. The van der Waals surface area contributed by atoms with Crippen molar-refractivity contribution in [2.75, 3.05) is 5.32 Å². The molecule has 2 rings (SSSR count). The molecule has 1 aromatic rings. The molecular formula is C12H13ClN2O3. The van der Waals surface area contributed by atoms with Crippen LogP contribution in [0.1, 0.15) is 19.8 Å². The summed E-state index contributed by atoms with van der Waals surface area (Å²) < 4.78 is 4.99. The van der Waals surface area contributed by atoms with Gasteiger partial charge in [0.05, 0.1) is 17.0 Å². The lowest BCUT2D eigenvalue weighted by atomic mass is 10.0. The van der Waals surface area contributed by atoms with Crippen LogP contribution in [0.2, 0.25) is 5.02 Å². The molecule has 2 atom stereocenters. The van der Waals surface area contributed by atoms with Crippen molar-refractivity contribution in [2.45, 2.75) is 25.9 Å². The fourth-order valence-electron chi connectivity index (χ4n) is 1.87. The number of anilines is 1. The van der Waals surface area contributed by atoms with E-state index in [1.54, 1.807) is 12.1 Å². The van der Waals surface area contributed by atoms with Gasteiger partial charge in [-0.05, 0) is 25.5 Å². The highest BCUT2D eigenvalue weighted by molar-refractivity contribution is 6.30. The monoisotopic (exact) mass is 268 g/mol. The van der Waals surface area contributed by atoms with Gasteiger partial charge in [-0.2, -0.15) is 0 Å². The Bertz CT molecular complexity index is 461. The van der Waals surface area contributed by atoms with Gasteiger partial charge in [-0.3, -0.25) is 9.59 Å². The predicted octanol–water partition coefficient (Wildman–Crippen LogP) is 2.02. The second kappa shape index (κ2) is 5.35. The van der Waals surface area contributed by atoms with Crippen LogP contribution >= 0.6 is 11.6 Å². The first-order valence-electron chi connectivity index (χ1n) is 5.66. The second-order valence-electron chi connectivity index (χ2n) is 4.29. The molecule has 96 valence electrons. The Labute approximate surface area is 109 Å². The van der Waals surface area contributed by atoms with Gasteiger partial charge in [-0.15, -0.1) is 0 Å². The van der Waals surface area contributed by atoms with Crippen LogP contribution in [0.25, 0.3) is 0 Å². The molecule has 1 aromatic heterocycles. The molecule has 0 spiro atoms. The fourth-order valence-corrected chi connectivity index (χ4v) is 1.99. The predicted molar refractivity (Wildman–Crippen MR) is 66.2 cm³/mol. The average molecular weight is 269 g/mol. The summed E-state index contributed by atoms with van der Waals surface area (Å²) in [7, 11) is 0. The molecule has 1 N–H and O–H groups in total. The maximum atomic E-state index is 11.7. The molecule has 2 heterocycles. The Morgan fingerprint density at radius 1 is 1.61 bits per heavy atom. The number of nitrogens with zero attached hydrogens (tertiary/aromatic N) is 1. The third kappa shape index (κ3) is 3.20. The molecule has 0 aromatic carbocycles. The third-order valence-corrected chi connectivity index (χ3v) is 2.92. The third-order valence-electron chi connectivity index (χ3n) is 2.69.